The molecule has 100 valence electrons. The van der Waals surface area contributed by atoms with Crippen molar-refractivity contribution in [3.8, 4) is 0 Å². The highest BCUT2D eigenvalue weighted by Crippen LogP contribution is 2.23. The Morgan fingerprint density at radius 1 is 1.33 bits per heavy atom. The molecule has 0 aromatic heterocycles. The Kier molecular flexibility index (Phi) is 3.84. The number of carbonyl (C=O) groups excluding carboxylic acids is 1. The molecule has 1 amide bonds. The third-order valence-electron chi connectivity index (χ3n) is 3.57. The molecule has 1 saturated carbocycles. The predicted molar refractivity (Wildman–Crippen MR) is 64.1 cm³/mol. The average Bonchev–Trinajstić information content (AvgIpc) is 2.81. The quantitative estimate of drug-likeness (QED) is 0.783. The van der Waals surface area contributed by atoms with Crippen LogP contribution in [0, 0.1) is 5.92 Å². The van der Waals surface area contributed by atoms with E-state index >= 15 is 0 Å². The molecule has 6 nitrogen and oxygen atoms in total. The third kappa shape index (κ3) is 3.00. The Morgan fingerprint density at radius 3 is 2.56 bits per heavy atom. The highest BCUT2D eigenvalue weighted by molar-refractivity contribution is 6.36. The van der Waals surface area contributed by atoms with E-state index in [1.165, 1.54) is 0 Å². The maximum absolute atomic E-state index is 11.9. The molecular weight excluding hydrogens is 236 g/mol. The Bertz CT molecular complexity index is 372. The molecule has 2 aliphatic rings. The summed E-state index contributed by atoms with van der Waals surface area (Å²) in [4.78, 5) is 27.4. The summed E-state index contributed by atoms with van der Waals surface area (Å²) >= 11 is 0. The molecule has 0 bridgehead atoms. The van der Waals surface area contributed by atoms with Crippen molar-refractivity contribution < 1.29 is 19.5 Å². The maximum atomic E-state index is 11.9. The minimum absolute atomic E-state index is 0.0459. The van der Waals surface area contributed by atoms with E-state index < -0.39 is 12.1 Å². The number of carbonyl (C=O) groups is 2. The summed E-state index contributed by atoms with van der Waals surface area (Å²) in [5.41, 5.74) is -0.0904. The number of rotatable bonds is 3. The van der Waals surface area contributed by atoms with Gasteiger partial charge in [-0.05, 0) is 31.6 Å². The van der Waals surface area contributed by atoms with Gasteiger partial charge >= 0.3 is 5.97 Å². The fraction of sp³-hybridized carbons (Fsp3) is 0.750. The van der Waals surface area contributed by atoms with Crippen LogP contribution < -0.4 is 5.32 Å². The van der Waals surface area contributed by atoms with Gasteiger partial charge in [0.25, 0.3) is 5.91 Å². The maximum Gasteiger partial charge on any atom is 0.353 e. The van der Waals surface area contributed by atoms with Gasteiger partial charge in [0.15, 0.2) is 5.71 Å². The van der Waals surface area contributed by atoms with Crippen LogP contribution in [0.5, 0.6) is 0 Å². The fourth-order valence-corrected chi connectivity index (χ4v) is 2.34. The van der Waals surface area contributed by atoms with E-state index in [9.17, 15) is 9.59 Å². The average molecular weight is 254 g/mol. The topological polar surface area (TPSA) is 88.0 Å². The zero-order valence-electron chi connectivity index (χ0n) is 10.4. The van der Waals surface area contributed by atoms with E-state index in [2.05, 4.69) is 17.4 Å². The second-order valence-electron chi connectivity index (χ2n) is 5.11. The molecule has 1 atom stereocenters. The number of amides is 1. The lowest BCUT2D eigenvalue weighted by Gasteiger charge is -2.27. The van der Waals surface area contributed by atoms with Gasteiger partial charge in [0, 0.05) is 12.5 Å². The predicted octanol–water partition coefficient (Wildman–Crippen LogP) is 0.911. The minimum atomic E-state index is -1.13. The summed E-state index contributed by atoms with van der Waals surface area (Å²) in [6, 6.07) is 0.186. The van der Waals surface area contributed by atoms with Crippen molar-refractivity contribution in [1.29, 1.82) is 0 Å². The molecule has 18 heavy (non-hydrogen) atoms. The van der Waals surface area contributed by atoms with E-state index in [4.69, 9.17) is 9.94 Å². The van der Waals surface area contributed by atoms with Crippen LogP contribution in [-0.2, 0) is 14.4 Å². The number of nitrogens with one attached hydrogen (secondary N) is 1. The smallest absolute Gasteiger partial charge is 0.353 e. The van der Waals surface area contributed by atoms with Crippen LogP contribution in [0.1, 0.15) is 39.0 Å². The molecular formula is C12H18N2O4. The Morgan fingerprint density at radius 2 is 2.00 bits per heavy atom. The first-order valence-electron chi connectivity index (χ1n) is 6.32. The highest BCUT2D eigenvalue weighted by Gasteiger charge is 2.32. The lowest BCUT2D eigenvalue weighted by Crippen LogP contribution is -2.43. The molecule has 1 fully saturated rings. The van der Waals surface area contributed by atoms with Gasteiger partial charge in [0.1, 0.15) is 0 Å². The number of carboxylic acid groups (broad SMARTS) is 1. The second kappa shape index (κ2) is 5.37. The van der Waals surface area contributed by atoms with Crippen LogP contribution >= 0.6 is 0 Å². The van der Waals surface area contributed by atoms with Crippen LogP contribution in [0.2, 0.25) is 0 Å². The van der Waals surface area contributed by atoms with Crippen LogP contribution in [0.25, 0.3) is 0 Å². The Balaban J connectivity index is 1.78. The number of hydrogen-bond acceptors (Lipinski definition) is 4. The molecule has 0 aromatic rings. The van der Waals surface area contributed by atoms with E-state index in [-0.39, 0.29) is 24.1 Å². The van der Waals surface area contributed by atoms with Crippen molar-refractivity contribution in [2.45, 2.75) is 51.2 Å². The van der Waals surface area contributed by atoms with Gasteiger partial charge in [-0.2, -0.15) is 0 Å². The zero-order valence-corrected chi connectivity index (χ0v) is 10.4. The van der Waals surface area contributed by atoms with Crippen LogP contribution in [-0.4, -0.2) is 34.8 Å². The van der Waals surface area contributed by atoms with E-state index in [1.54, 1.807) is 0 Å². The molecule has 1 unspecified atom stereocenters. The summed E-state index contributed by atoms with van der Waals surface area (Å²) in [5, 5.41) is 15.0. The van der Waals surface area contributed by atoms with Crippen molar-refractivity contribution in [3.63, 3.8) is 0 Å². The molecule has 0 aromatic carbocycles. The largest absolute Gasteiger partial charge is 0.477 e. The normalized spacial score (nSPS) is 31.4. The molecule has 0 spiro atoms. The van der Waals surface area contributed by atoms with Gasteiger partial charge in [-0.25, -0.2) is 4.79 Å². The monoisotopic (exact) mass is 254 g/mol. The Labute approximate surface area is 105 Å². The molecule has 0 radical (unpaired) electrons. The molecule has 2 N–H and O–H groups in total. The number of oxime groups is 1. The zero-order chi connectivity index (χ0) is 13.1. The highest BCUT2D eigenvalue weighted by atomic mass is 16.6. The summed E-state index contributed by atoms with van der Waals surface area (Å²) in [6.07, 6.45) is 3.46. The number of carboxylic acids is 1. The van der Waals surface area contributed by atoms with Crippen molar-refractivity contribution in [1.82, 2.24) is 5.32 Å². The van der Waals surface area contributed by atoms with Gasteiger partial charge in [0.05, 0.1) is 0 Å². The minimum Gasteiger partial charge on any atom is -0.477 e. The van der Waals surface area contributed by atoms with E-state index in [1.807, 2.05) is 0 Å². The lowest BCUT2D eigenvalue weighted by atomic mass is 9.87. The second-order valence-corrected chi connectivity index (χ2v) is 5.11. The third-order valence-corrected chi connectivity index (χ3v) is 3.57. The van der Waals surface area contributed by atoms with Crippen molar-refractivity contribution in [2.75, 3.05) is 0 Å². The number of nitrogens with zero attached hydrogens (tertiary/aromatic N) is 1. The van der Waals surface area contributed by atoms with Gasteiger partial charge in [-0.15, -0.1) is 0 Å². The first kappa shape index (κ1) is 12.9. The standard InChI is InChI=1S/C12H18N2O4/c1-7-2-4-8(5-3-7)13-11(15)10-6-9(12(16)17)14-18-10/h7-8,10H,2-6H2,1H3,(H,13,15)(H,16,17). The molecule has 1 aliphatic carbocycles. The number of hydrogen-bond donors (Lipinski definition) is 2. The lowest BCUT2D eigenvalue weighted by molar-refractivity contribution is -0.132. The first-order valence-corrected chi connectivity index (χ1v) is 6.32. The van der Waals surface area contributed by atoms with Crippen molar-refractivity contribution in [2.24, 2.45) is 11.1 Å². The Hall–Kier alpha value is -1.59. The van der Waals surface area contributed by atoms with Crippen LogP contribution in [0.4, 0.5) is 0 Å². The van der Waals surface area contributed by atoms with Gasteiger partial charge in [-0.3, -0.25) is 4.79 Å². The first-order chi connectivity index (χ1) is 8.56. The van der Waals surface area contributed by atoms with Crippen LogP contribution in [0.3, 0.4) is 0 Å². The van der Waals surface area contributed by atoms with Crippen molar-refractivity contribution in [3.05, 3.63) is 0 Å². The molecule has 1 aliphatic heterocycles. The molecule has 1 heterocycles. The van der Waals surface area contributed by atoms with Gasteiger partial charge in [-0.1, -0.05) is 12.1 Å². The molecule has 0 saturated heterocycles. The van der Waals surface area contributed by atoms with E-state index in [0.717, 1.165) is 31.6 Å². The van der Waals surface area contributed by atoms with Gasteiger partial charge in [0.2, 0.25) is 6.10 Å². The van der Waals surface area contributed by atoms with E-state index in [0.29, 0.717) is 0 Å². The summed E-state index contributed by atoms with van der Waals surface area (Å²) in [6.45, 7) is 2.21. The molecule has 2 rings (SSSR count). The van der Waals surface area contributed by atoms with Crippen LogP contribution in [0.15, 0.2) is 5.16 Å². The van der Waals surface area contributed by atoms with Gasteiger partial charge < -0.3 is 15.3 Å². The van der Waals surface area contributed by atoms with Crippen molar-refractivity contribution >= 4 is 17.6 Å². The summed E-state index contributed by atoms with van der Waals surface area (Å²) < 4.78 is 0. The fourth-order valence-electron chi connectivity index (χ4n) is 2.34. The molecule has 6 heteroatoms. The SMILES string of the molecule is CC1CCC(NC(=O)C2CC(C(=O)O)=NO2)CC1. The number of aliphatic carboxylic acids is 1. The summed E-state index contributed by atoms with van der Waals surface area (Å²) in [5.74, 6) is -0.658. The summed E-state index contributed by atoms with van der Waals surface area (Å²) in [7, 11) is 0.